The largest absolute Gasteiger partial charge is 0.261 e. The molecule has 3 aromatic carbocycles. The number of nitriles is 1. The summed E-state index contributed by atoms with van der Waals surface area (Å²) >= 11 is 1.55. The lowest BCUT2D eigenvalue weighted by Crippen LogP contribution is -2.32. The van der Waals surface area contributed by atoms with Gasteiger partial charge in [0.25, 0.3) is 0 Å². The summed E-state index contributed by atoms with van der Waals surface area (Å²) in [6.45, 7) is 3.80. The molecule has 6 aromatic rings. The van der Waals surface area contributed by atoms with Crippen LogP contribution >= 0.6 is 11.3 Å². The van der Waals surface area contributed by atoms with Crippen molar-refractivity contribution in [2.45, 2.75) is 24.7 Å². The Hall–Kier alpha value is -4.60. The standard InChI is InChI=1S/C32H25N5S/c1-31(2,21-33)27-20-38-30(36-27)28-25-18-35-37-29(25)34-19-26(28)32(22-12-6-3-7-13-22,23-14-8-4-9-15-23)24-16-10-5-11-17-24/h3-20H,1-2H3,(H,34,35,37). The quantitative estimate of drug-likeness (QED) is 0.239. The number of hydrogen-bond donors (Lipinski definition) is 1. The second kappa shape index (κ2) is 9.37. The summed E-state index contributed by atoms with van der Waals surface area (Å²) < 4.78 is 0. The van der Waals surface area contributed by atoms with Crippen LogP contribution in [0.3, 0.4) is 0 Å². The first-order chi connectivity index (χ1) is 18.6. The topological polar surface area (TPSA) is 78.2 Å². The summed E-state index contributed by atoms with van der Waals surface area (Å²) in [7, 11) is 0. The number of hydrogen-bond acceptors (Lipinski definition) is 5. The van der Waals surface area contributed by atoms with E-state index in [-0.39, 0.29) is 0 Å². The van der Waals surface area contributed by atoms with Gasteiger partial charge in [-0.2, -0.15) is 10.4 Å². The Kier molecular flexibility index (Phi) is 5.86. The molecule has 6 rings (SSSR count). The predicted molar refractivity (Wildman–Crippen MR) is 152 cm³/mol. The third kappa shape index (κ3) is 3.71. The van der Waals surface area contributed by atoms with Gasteiger partial charge >= 0.3 is 0 Å². The van der Waals surface area contributed by atoms with Crippen molar-refractivity contribution in [3.8, 4) is 16.6 Å². The van der Waals surface area contributed by atoms with Gasteiger partial charge in [0.15, 0.2) is 5.65 Å². The average molecular weight is 512 g/mol. The molecule has 0 spiro atoms. The van der Waals surface area contributed by atoms with Crippen molar-refractivity contribution in [3.05, 3.63) is 137 Å². The second-order valence-electron chi connectivity index (χ2n) is 9.80. The zero-order valence-electron chi connectivity index (χ0n) is 21.1. The molecule has 0 aliphatic heterocycles. The van der Waals surface area contributed by atoms with E-state index in [0.717, 1.165) is 43.9 Å². The number of benzene rings is 3. The van der Waals surface area contributed by atoms with E-state index in [1.54, 1.807) is 11.3 Å². The highest BCUT2D eigenvalue weighted by Gasteiger charge is 2.41. The van der Waals surface area contributed by atoms with Gasteiger partial charge in [0, 0.05) is 28.1 Å². The van der Waals surface area contributed by atoms with E-state index in [1.165, 1.54) is 0 Å². The number of nitrogens with zero attached hydrogens (tertiary/aromatic N) is 4. The second-order valence-corrected chi connectivity index (χ2v) is 10.7. The van der Waals surface area contributed by atoms with E-state index in [9.17, 15) is 5.26 Å². The van der Waals surface area contributed by atoms with Gasteiger partial charge in [0.1, 0.15) is 5.01 Å². The number of aromatic amines is 1. The van der Waals surface area contributed by atoms with Crippen LogP contribution in [-0.2, 0) is 10.8 Å². The van der Waals surface area contributed by atoms with Crippen LogP contribution < -0.4 is 0 Å². The van der Waals surface area contributed by atoms with Crippen molar-refractivity contribution in [2.24, 2.45) is 0 Å². The Morgan fingerprint density at radius 2 is 1.34 bits per heavy atom. The zero-order chi connectivity index (χ0) is 26.2. The van der Waals surface area contributed by atoms with Crippen molar-refractivity contribution in [2.75, 3.05) is 0 Å². The van der Waals surface area contributed by atoms with Crippen LogP contribution in [-0.4, -0.2) is 20.2 Å². The number of aromatic nitrogens is 4. The van der Waals surface area contributed by atoms with E-state index in [2.05, 4.69) is 89.1 Å². The van der Waals surface area contributed by atoms with Gasteiger partial charge in [0.05, 0.1) is 28.8 Å². The lowest BCUT2D eigenvalue weighted by Gasteiger charge is -2.37. The first kappa shape index (κ1) is 23.8. The minimum absolute atomic E-state index is 0.686. The van der Waals surface area contributed by atoms with Crippen molar-refractivity contribution >= 4 is 22.4 Å². The summed E-state index contributed by atoms with van der Waals surface area (Å²) in [4.78, 5) is 9.88. The molecule has 0 unspecified atom stereocenters. The molecule has 1 N–H and O–H groups in total. The lowest BCUT2D eigenvalue weighted by molar-refractivity contribution is 0.665. The van der Waals surface area contributed by atoms with Crippen molar-refractivity contribution in [1.29, 1.82) is 5.26 Å². The SMILES string of the molecule is CC(C)(C#N)c1csc(-c2c(C(c3ccccc3)(c3ccccc3)c3ccccc3)cnc3[nH]ncc23)n1. The summed E-state index contributed by atoms with van der Waals surface area (Å²) in [6.07, 6.45) is 3.78. The van der Waals surface area contributed by atoms with Crippen molar-refractivity contribution < 1.29 is 0 Å². The molecule has 0 bridgehead atoms. The van der Waals surface area contributed by atoms with E-state index >= 15 is 0 Å². The Bertz CT molecular complexity index is 1650. The molecule has 0 saturated carbocycles. The minimum atomic E-state index is -0.702. The van der Waals surface area contributed by atoms with Gasteiger partial charge in [-0.25, -0.2) is 9.97 Å². The Morgan fingerprint density at radius 1 is 0.789 bits per heavy atom. The Labute approximate surface area is 225 Å². The van der Waals surface area contributed by atoms with Crippen LogP contribution in [0.2, 0.25) is 0 Å². The molecule has 38 heavy (non-hydrogen) atoms. The monoisotopic (exact) mass is 511 g/mol. The summed E-state index contributed by atoms with van der Waals surface area (Å²) in [5.74, 6) is 0. The fraction of sp³-hybridized carbons (Fsp3) is 0.125. The first-order valence-corrected chi connectivity index (χ1v) is 13.3. The maximum absolute atomic E-state index is 9.79. The molecular formula is C32H25N5S. The first-order valence-electron chi connectivity index (χ1n) is 12.4. The maximum Gasteiger partial charge on any atom is 0.155 e. The highest BCUT2D eigenvalue weighted by molar-refractivity contribution is 7.13. The molecular weight excluding hydrogens is 486 g/mol. The highest BCUT2D eigenvalue weighted by Crippen LogP contribution is 2.50. The van der Waals surface area contributed by atoms with Gasteiger partial charge in [-0.05, 0) is 30.5 Å². The van der Waals surface area contributed by atoms with E-state index in [0.29, 0.717) is 5.65 Å². The smallest absolute Gasteiger partial charge is 0.155 e. The molecule has 0 aliphatic rings. The molecule has 0 saturated heterocycles. The molecule has 5 nitrogen and oxygen atoms in total. The Balaban J connectivity index is 1.78. The predicted octanol–water partition coefficient (Wildman–Crippen LogP) is 7.27. The molecule has 0 atom stereocenters. The molecule has 0 aliphatic carbocycles. The van der Waals surface area contributed by atoms with Crippen molar-refractivity contribution in [3.63, 3.8) is 0 Å². The minimum Gasteiger partial charge on any atom is -0.261 e. The molecule has 0 radical (unpaired) electrons. The van der Waals surface area contributed by atoms with E-state index < -0.39 is 10.8 Å². The number of fused-ring (bicyclic) bond motifs is 1. The van der Waals surface area contributed by atoms with Gasteiger partial charge in [-0.15, -0.1) is 11.3 Å². The van der Waals surface area contributed by atoms with Crippen LogP contribution in [0.1, 0.15) is 41.8 Å². The fourth-order valence-corrected chi connectivity index (χ4v) is 6.24. The van der Waals surface area contributed by atoms with Crippen LogP contribution in [0.25, 0.3) is 21.6 Å². The molecule has 184 valence electrons. The number of rotatable bonds is 6. The van der Waals surface area contributed by atoms with Crippen LogP contribution in [0.15, 0.2) is 109 Å². The normalized spacial score (nSPS) is 11.9. The number of nitrogens with one attached hydrogen (secondary N) is 1. The maximum atomic E-state index is 9.79. The van der Waals surface area contributed by atoms with Crippen LogP contribution in [0.4, 0.5) is 0 Å². The van der Waals surface area contributed by atoms with E-state index in [1.807, 2.05) is 49.8 Å². The highest BCUT2D eigenvalue weighted by atomic mass is 32.1. The van der Waals surface area contributed by atoms with Gasteiger partial charge in [-0.3, -0.25) is 5.10 Å². The summed E-state index contributed by atoms with van der Waals surface area (Å²) in [5.41, 5.74) is 5.40. The third-order valence-electron chi connectivity index (χ3n) is 7.14. The number of pyridine rings is 1. The van der Waals surface area contributed by atoms with Gasteiger partial charge < -0.3 is 0 Å². The Morgan fingerprint density at radius 3 is 1.87 bits per heavy atom. The molecule has 3 aromatic heterocycles. The number of H-pyrrole nitrogens is 1. The van der Waals surface area contributed by atoms with Crippen LogP contribution in [0.5, 0.6) is 0 Å². The average Bonchev–Trinajstić information content (AvgIpc) is 3.66. The van der Waals surface area contributed by atoms with Gasteiger partial charge in [0.2, 0.25) is 0 Å². The number of thiazole rings is 1. The molecule has 0 amide bonds. The lowest BCUT2D eigenvalue weighted by atomic mass is 9.64. The van der Waals surface area contributed by atoms with Gasteiger partial charge in [-0.1, -0.05) is 91.0 Å². The van der Waals surface area contributed by atoms with E-state index in [4.69, 9.17) is 9.97 Å². The third-order valence-corrected chi connectivity index (χ3v) is 8.00. The summed E-state index contributed by atoms with van der Waals surface area (Å²) in [6, 6.07) is 34.0. The molecule has 6 heteroatoms. The fourth-order valence-electron chi connectivity index (χ4n) is 5.18. The van der Waals surface area contributed by atoms with Crippen LogP contribution in [0, 0.1) is 11.3 Å². The zero-order valence-corrected chi connectivity index (χ0v) is 21.9. The molecule has 0 fully saturated rings. The van der Waals surface area contributed by atoms with Crippen molar-refractivity contribution in [1.82, 2.24) is 20.2 Å². The molecule has 3 heterocycles. The summed E-state index contributed by atoms with van der Waals surface area (Å²) in [5, 5.41) is 20.9.